The van der Waals surface area contributed by atoms with Crippen LogP contribution in [0.5, 0.6) is 0 Å². The zero-order valence-electron chi connectivity index (χ0n) is 43.6. The minimum absolute atomic E-state index is 0.0501. The quantitative estimate of drug-likeness (QED) is 0.139. The molecule has 0 unspecified atom stereocenters. The molecule has 3 N–H and O–H groups in total. The zero-order valence-corrected chi connectivity index (χ0v) is 43.6. The summed E-state index contributed by atoms with van der Waals surface area (Å²) in [7, 11) is 1.76. The number of fused-ring (bicyclic) bond motifs is 6. The Morgan fingerprint density at radius 1 is 0.944 bits per heavy atom. The number of amides is 2. The fraction of sp³-hybridized carbons (Fsp3) is 0.621. The topological polar surface area (TPSA) is 137 Å². The molecule has 5 aliphatic heterocycles. The van der Waals surface area contributed by atoms with Crippen LogP contribution in [0, 0.1) is 16.7 Å². The van der Waals surface area contributed by atoms with Gasteiger partial charge in [-0.05, 0) is 137 Å². The first-order chi connectivity index (χ1) is 34.9. The van der Waals surface area contributed by atoms with E-state index in [9.17, 15) is 14.4 Å². The smallest absolute Gasteiger partial charge is 0.324 e. The van der Waals surface area contributed by atoms with Gasteiger partial charge in [0.25, 0.3) is 5.91 Å². The molecule has 2 aromatic carbocycles. The molecule has 386 valence electrons. The molecule has 72 heavy (non-hydrogen) atoms. The van der Waals surface area contributed by atoms with Crippen molar-refractivity contribution in [1.82, 2.24) is 40.4 Å². The monoisotopic (exact) mass is 982 g/mol. The molecule has 4 aromatic rings. The van der Waals surface area contributed by atoms with Gasteiger partial charge < -0.3 is 29.6 Å². The Morgan fingerprint density at radius 2 is 1.75 bits per heavy atom. The molecule has 0 radical (unpaired) electrons. The normalized spacial score (nSPS) is 26.6. The lowest BCUT2D eigenvalue weighted by Gasteiger charge is -2.37. The second-order valence-electron chi connectivity index (χ2n) is 23.4. The SMILES string of the molecule is CCn1c(-c2cc(N3CCN(C4CC4)CC3)cnc2[C@H](C)OC)c2c3cc(ccc31)-c1cccc(c1)C[C@H](NC(=O)[C@H](C1CCCC1)N1CC[C@]3(CCNC3)C1)C(=O)N1CCC[C@H](N1)C(=O)OCC(C)(C)C2. The number of ether oxygens (including phenoxy) is 2. The fourth-order valence-corrected chi connectivity index (χ4v) is 13.5. The number of pyridine rings is 1. The highest BCUT2D eigenvalue weighted by molar-refractivity contribution is 5.96. The number of cyclic esters (lactones) is 1. The van der Waals surface area contributed by atoms with E-state index >= 15 is 0 Å². The number of esters is 1. The molecule has 2 aliphatic carbocycles. The standard InChI is InChI=1S/C58H79N9O5/c1-6-66-50-19-16-42-31-45(50)47(53(66)46-32-44(34-60-51(46)38(2)71-5)64-27-25-63(26-28-64)43-17-18-43)33-57(3,4)37-72-56(70)48-15-10-23-67(62-48)55(69)49(30-39-11-9-14-41(42)29-39)61-54(68)52(40-12-7-8-13-40)65-24-21-58(36-65)20-22-59-35-58/h9,11,14,16,19,29,31-32,34,38,40,43,48-49,52,59,62H,6-8,10,12-13,15,17-18,20-28,30,33,35-37H2,1-5H3,(H,61,68)/t38-,48-,49-,52-,58-/m0/s1. The van der Waals surface area contributed by atoms with Crippen molar-refractivity contribution in [1.29, 1.82) is 0 Å². The molecule has 5 atom stereocenters. The predicted molar refractivity (Wildman–Crippen MR) is 282 cm³/mol. The van der Waals surface area contributed by atoms with Gasteiger partial charge in [-0.25, -0.2) is 5.43 Å². The van der Waals surface area contributed by atoms with E-state index in [4.69, 9.17) is 14.5 Å². The van der Waals surface area contributed by atoms with E-state index in [0.717, 1.165) is 154 Å². The first-order valence-electron chi connectivity index (χ1n) is 27.7. The third-order valence-corrected chi connectivity index (χ3v) is 17.7. The summed E-state index contributed by atoms with van der Waals surface area (Å²) >= 11 is 0. The largest absolute Gasteiger partial charge is 0.464 e. The molecule has 7 aliphatic rings. The van der Waals surface area contributed by atoms with E-state index in [1.165, 1.54) is 18.4 Å². The number of rotatable bonds is 10. The fourth-order valence-electron chi connectivity index (χ4n) is 13.5. The Morgan fingerprint density at radius 3 is 2.50 bits per heavy atom. The molecule has 11 rings (SSSR count). The number of carbonyl (C=O) groups excluding carboxylic acids is 3. The van der Waals surface area contributed by atoms with Crippen LogP contribution in [0.2, 0.25) is 0 Å². The van der Waals surface area contributed by atoms with Crippen LogP contribution in [0.25, 0.3) is 33.3 Å². The number of hydrazine groups is 1. The molecule has 2 aromatic heterocycles. The summed E-state index contributed by atoms with van der Waals surface area (Å²) in [6.45, 7) is 17.9. The van der Waals surface area contributed by atoms with Gasteiger partial charge in [0.2, 0.25) is 5.91 Å². The maximum atomic E-state index is 15.0. The van der Waals surface area contributed by atoms with Crippen LogP contribution in [-0.4, -0.2) is 139 Å². The third-order valence-electron chi connectivity index (χ3n) is 17.7. The molecular weight excluding hydrogens is 903 g/mol. The Labute approximate surface area is 426 Å². The molecule has 1 spiro atoms. The molecule has 14 heteroatoms. The number of anilines is 1. The predicted octanol–water partition coefficient (Wildman–Crippen LogP) is 7.27. The Kier molecular flexibility index (Phi) is 14.0. The van der Waals surface area contributed by atoms with Gasteiger partial charge in [-0.15, -0.1) is 0 Å². The highest BCUT2D eigenvalue weighted by Gasteiger charge is 2.47. The molecule has 14 nitrogen and oxygen atoms in total. The van der Waals surface area contributed by atoms with Gasteiger partial charge in [-0.3, -0.25) is 34.2 Å². The Hall–Kier alpha value is -4.86. The average Bonchev–Trinajstić information content (AvgIpc) is 3.67. The van der Waals surface area contributed by atoms with Crippen molar-refractivity contribution in [3.8, 4) is 22.4 Å². The number of hydrogen-bond acceptors (Lipinski definition) is 11. The van der Waals surface area contributed by atoms with E-state index in [2.05, 4.69) is 112 Å². The summed E-state index contributed by atoms with van der Waals surface area (Å²) in [6, 6.07) is 16.6. The van der Waals surface area contributed by atoms with E-state index in [1.807, 2.05) is 6.20 Å². The van der Waals surface area contributed by atoms with Crippen molar-refractivity contribution in [2.24, 2.45) is 16.7 Å². The molecule has 7 heterocycles. The maximum Gasteiger partial charge on any atom is 0.324 e. The summed E-state index contributed by atoms with van der Waals surface area (Å²) in [5.41, 5.74) is 12.7. The molecule has 6 fully saturated rings. The van der Waals surface area contributed by atoms with Gasteiger partial charge in [-0.2, -0.15) is 0 Å². The number of likely N-dealkylation sites (tertiary alicyclic amines) is 1. The number of methoxy groups -OCH3 is 1. The van der Waals surface area contributed by atoms with Crippen LogP contribution in [0.15, 0.2) is 54.7 Å². The number of nitrogens with zero attached hydrogens (tertiary/aromatic N) is 6. The van der Waals surface area contributed by atoms with Gasteiger partial charge in [0.15, 0.2) is 0 Å². The van der Waals surface area contributed by atoms with Crippen molar-refractivity contribution in [3.63, 3.8) is 0 Å². The first-order valence-corrected chi connectivity index (χ1v) is 27.7. The van der Waals surface area contributed by atoms with Gasteiger partial charge in [0.05, 0.1) is 42.0 Å². The first kappa shape index (κ1) is 49.4. The van der Waals surface area contributed by atoms with Crippen molar-refractivity contribution in [2.45, 2.75) is 142 Å². The van der Waals surface area contributed by atoms with Gasteiger partial charge in [0, 0.05) is 93.8 Å². The number of hydrogen-bond donors (Lipinski definition) is 3. The third kappa shape index (κ3) is 9.95. The van der Waals surface area contributed by atoms with Crippen LogP contribution >= 0.6 is 0 Å². The lowest BCUT2D eigenvalue weighted by molar-refractivity contribution is -0.155. The number of piperazine rings is 1. The lowest BCUT2D eigenvalue weighted by atomic mass is 9.84. The second-order valence-corrected chi connectivity index (χ2v) is 23.4. The van der Waals surface area contributed by atoms with Crippen LogP contribution < -0.4 is 21.0 Å². The molecule has 4 saturated heterocycles. The van der Waals surface area contributed by atoms with E-state index < -0.39 is 17.5 Å². The highest BCUT2D eigenvalue weighted by Crippen LogP contribution is 2.44. The number of benzene rings is 2. The Bertz CT molecular complexity index is 2640. The van der Waals surface area contributed by atoms with Crippen molar-refractivity contribution in [2.75, 3.05) is 77.5 Å². The number of aryl methyl sites for hydroxylation is 1. The molecule has 2 amide bonds. The average molecular weight is 982 g/mol. The number of aromatic nitrogens is 2. The van der Waals surface area contributed by atoms with Gasteiger partial charge in [0.1, 0.15) is 12.1 Å². The van der Waals surface area contributed by atoms with Crippen LogP contribution in [0.3, 0.4) is 0 Å². The maximum absolute atomic E-state index is 15.0. The molecular formula is C58H79N9O5. The summed E-state index contributed by atoms with van der Waals surface area (Å²) in [6.07, 6.45) is 13.1. The van der Waals surface area contributed by atoms with Crippen LogP contribution in [-0.2, 0) is 43.2 Å². The van der Waals surface area contributed by atoms with Gasteiger partial charge in [-0.1, -0.05) is 57.0 Å². The number of carbonyl (C=O) groups is 3. The molecule has 2 saturated carbocycles. The molecule has 6 bridgehead atoms. The van der Waals surface area contributed by atoms with E-state index in [1.54, 1.807) is 12.1 Å². The second kappa shape index (κ2) is 20.5. The number of nitrogens with one attached hydrogen (secondary N) is 3. The van der Waals surface area contributed by atoms with Crippen LogP contribution in [0.1, 0.15) is 115 Å². The van der Waals surface area contributed by atoms with E-state index in [-0.39, 0.29) is 47.9 Å². The van der Waals surface area contributed by atoms with Crippen molar-refractivity contribution in [3.05, 3.63) is 71.5 Å². The summed E-state index contributed by atoms with van der Waals surface area (Å²) in [5, 5.41) is 9.72. The Balaban J connectivity index is 0.983. The highest BCUT2D eigenvalue weighted by atomic mass is 16.5. The summed E-state index contributed by atoms with van der Waals surface area (Å²) in [5.74, 6) is -0.383. The zero-order chi connectivity index (χ0) is 49.7. The van der Waals surface area contributed by atoms with Crippen molar-refractivity contribution < 1.29 is 23.9 Å². The van der Waals surface area contributed by atoms with E-state index in [0.29, 0.717) is 32.2 Å². The summed E-state index contributed by atoms with van der Waals surface area (Å²) in [4.78, 5) is 57.0. The lowest BCUT2D eigenvalue weighted by Crippen LogP contribution is -2.62. The minimum Gasteiger partial charge on any atom is -0.464 e. The van der Waals surface area contributed by atoms with Crippen LogP contribution in [0.4, 0.5) is 5.69 Å². The summed E-state index contributed by atoms with van der Waals surface area (Å²) < 4.78 is 14.8. The van der Waals surface area contributed by atoms with Crippen molar-refractivity contribution >= 4 is 34.4 Å². The minimum atomic E-state index is -0.841. The van der Waals surface area contributed by atoms with Gasteiger partial charge >= 0.3 is 5.97 Å².